The number of hydrogen-bond donors (Lipinski definition) is 0. The van der Waals surface area contributed by atoms with Gasteiger partial charge in [-0.3, -0.25) is 0 Å². The molecule has 3 aromatic heterocycles. The molecule has 0 amide bonds. The van der Waals surface area contributed by atoms with Crippen LogP contribution in [0.3, 0.4) is 0 Å². The van der Waals surface area contributed by atoms with E-state index in [2.05, 4.69) is 79.6 Å². The summed E-state index contributed by atoms with van der Waals surface area (Å²) in [4.78, 5) is 1.63. The standard InChI is InChI=1S/C30H26S4/c1-5-13-15(7-3)29-25-21-17(11-31-27(13)21)18-12-32-28-14(6-2)16(8-4)30-26(22(18)28)24-20(34-30)10-9-19(33-29)23(24)25/h9-11,18H,5-8,12H2,1-4H3. The van der Waals surface area contributed by atoms with Gasteiger partial charge in [-0.1, -0.05) is 27.7 Å². The van der Waals surface area contributed by atoms with Gasteiger partial charge in [-0.2, -0.15) is 0 Å². The van der Waals surface area contributed by atoms with Gasteiger partial charge in [-0.15, -0.1) is 45.8 Å². The fourth-order valence-corrected chi connectivity index (χ4v) is 12.6. The van der Waals surface area contributed by atoms with Gasteiger partial charge in [0.2, 0.25) is 0 Å². The van der Waals surface area contributed by atoms with E-state index in [1.54, 1.807) is 79.3 Å². The zero-order valence-electron chi connectivity index (χ0n) is 20.0. The Morgan fingerprint density at radius 3 is 1.94 bits per heavy atom. The quantitative estimate of drug-likeness (QED) is 0.225. The first-order valence-corrected chi connectivity index (χ1v) is 16.2. The molecule has 0 bridgehead atoms. The summed E-state index contributed by atoms with van der Waals surface area (Å²) >= 11 is 8.31. The molecule has 0 nitrogen and oxygen atoms in total. The minimum absolute atomic E-state index is 0.522. The van der Waals surface area contributed by atoms with Gasteiger partial charge in [0.05, 0.1) is 0 Å². The molecule has 1 unspecified atom stereocenters. The number of aryl methyl sites for hydroxylation is 3. The molecule has 1 aliphatic carbocycles. The average molecular weight is 515 g/mol. The minimum atomic E-state index is 0.522. The molecule has 0 saturated heterocycles. The van der Waals surface area contributed by atoms with Gasteiger partial charge in [0.1, 0.15) is 0 Å². The monoisotopic (exact) mass is 514 g/mol. The van der Waals surface area contributed by atoms with E-state index in [0.717, 1.165) is 25.7 Å². The van der Waals surface area contributed by atoms with Crippen LogP contribution in [0.5, 0.6) is 0 Å². The van der Waals surface area contributed by atoms with Gasteiger partial charge in [-0.05, 0) is 76.6 Å². The molecule has 4 heterocycles. The number of thioether (sulfide) groups is 1. The molecule has 0 fully saturated rings. The third-order valence-corrected chi connectivity index (χ3v) is 13.2. The smallest absolute Gasteiger partial charge is 0.0397 e. The molecule has 3 aromatic carbocycles. The summed E-state index contributed by atoms with van der Waals surface area (Å²) in [6, 6.07) is 4.87. The van der Waals surface area contributed by atoms with Crippen molar-refractivity contribution < 1.29 is 0 Å². The first kappa shape index (κ1) is 20.6. The highest BCUT2D eigenvalue weighted by atomic mass is 32.2. The molecule has 0 radical (unpaired) electrons. The first-order chi connectivity index (χ1) is 16.7. The third kappa shape index (κ3) is 2.20. The molecule has 1 aliphatic heterocycles. The second kappa shape index (κ2) is 7.00. The summed E-state index contributed by atoms with van der Waals surface area (Å²) in [5.41, 5.74) is 9.78. The van der Waals surface area contributed by atoms with Crippen LogP contribution in [0.1, 0.15) is 67.0 Å². The van der Waals surface area contributed by atoms with E-state index >= 15 is 0 Å². The number of rotatable bonds is 4. The number of hydrogen-bond acceptors (Lipinski definition) is 4. The van der Waals surface area contributed by atoms with Crippen molar-refractivity contribution in [1.29, 1.82) is 0 Å². The molecular formula is C30H26S4. The Hall–Kier alpha value is -1.59. The maximum atomic E-state index is 2.55. The molecular weight excluding hydrogens is 489 g/mol. The van der Waals surface area contributed by atoms with Crippen molar-refractivity contribution in [3.63, 3.8) is 0 Å². The second-order valence-corrected chi connectivity index (χ2v) is 13.8. The highest BCUT2D eigenvalue weighted by Gasteiger charge is 2.36. The van der Waals surface area contributed by atoms with Crippen LogP contribution in [-0.4, -0.2) is 5.75 Å². The fraction of sp³-hybridized carbons (Fsp3) is 0.333. The largest absolute Gasteiger partial charge is 0.143 e. The van der Waals surface area contributed by atoms with Crippen LogP contribution in [0.2, 0.25) is 0 Å². The Morgan fingerprint density at radius 2 is 1.26 bits per heavy atom. The minimum Gasteiger partial charge on any atom is -0.143 e. The van der Waals surface area contributed by atoms with Crippen molar-refractivity contribution in [1.82, 2.24) is 0 Å². The summed E-state index contributed by atoms with van der Waals surface area (Å²) in [5.74, 6) is 1.72. The van der Waals surface area contributed by atoms with Crippen LogP contribution < -0.4 is 0 Å². The van der Waals surface area contributed by atoms with E-state index in [9.17, 15) is 0 Å². The molecule has 6 aromatic rings. The number of thiophene rings is 3. The predicted molar refractivity (Wildman–Crippen MR) is 158 cm³/mol. The van der Waals surface area contributed by atoms with Crippen LogP contribution >= 0.6 is 45.8 Å². The summed E-state index contributed by atoms with van der Waals surface area (Å²) in [5, 5.41) is 10.5. The number of fused-ring (bicyclic) bond motifs is 1. The zero-order valence-corrected chi connectivity index (χ0v) is 23.2. The SMILES string of the molecule is CCc1c2c3c4c(sc5ccc6sc7c(CC)c(CC)c8scc(c8c7c6c54)C3CS2)c1CC. The third-order valence-electron chi connectivity index (χ3n) is 8.45. The molecule has 4 heteroatoms. The lowest BCUT2D eigenvalue weighted by Crippen LogP contribution is -2.04. The lowest BCUT2D eigenvalue weighted by atomic mass is 9.82. The summed E-state index contributed by atoms with van der Waals surface area (Å²) in [6.45, 7) is 9.45. The highest BCUT2D eigenvalue weighted by Crippen LogP contribution is 2.60. The lowest BCUT2D eigenvalue weighted by molar-refractivity contribution is 0.938. The van der Waals surface area contributed by atoms with Crippen LogP contribution in [0.4, 0.5) is 0 Å². The van der Waals surface area contributed by atoms with Crippen molar-refractivity contribution in [3.8, 4) is 0 Å². The topological polar surface area (TPSA) is 0 Å². The van der Waals surface area contributed by atoms with E-state index < -0.39 is 0 Å². The Bertz CT molecular complexity index is 1860. The van der Waals surface area contributed by atoms with Gasteiger partial charge >= 0.3 is 0 Å². The van der Waals surface area contributed by atoms with Gasteiger partial charge in [0, 0.05) is 67.0 Å². The van der Waals surface area contributed by atoms with Crippen LogP contribution in [0.25, 0.3) is 50.4 Å². The normalized spacial score (nSPS) is 16.8. The Balaban J connectivity index is 1.77. The van der Waals surface area contributed by atoms with Crippen LogP contribution in [-0.2, 0) is 25.7 Å². The molecule has 34 heavy (non-hydrogen) atoms. The van der Waals surface area contributed by atoms with E-state index in [0.29, 0.717) is 5.92 Å². The van der Waals surface area contributed by atoms with Crippen molar-refractivity contribution in [2.45, 2.75) is 64.2 Å². The summed E-state index contributed by atoms with van der Waals surface area (Å²) in [6.07, 6.45) is 4.52. The van der Waals surface area contributed by atoms with E-state index in [1.165, 1.54) is 15.2 Å². The molecule has 1 atom stereocenters. The first-order valence-electron chi connectivity index (χ1n) is 12.7. The van der Waals surface area contributed by atoms with E-state index in [4.69, 9.17) is 0 Å². The van der Waals surface area contributed by atoms with Crippen LogP contribution in [0, 0.1) is 0 Å². The van der Waals surface area contributed by atoms with Crippen molar-refractivity contribution in [2.75, 3.05) is 5.75 Å². The zero-order chi connectivity index (χ0) is 22.9. The summed E-state index contributed by atoms with van der Waals surface area (Å²) < 4.78 is 7.71. The van der Waals surface area contributed by atoms with Crippen LogP contribution in [0.15, 0.2) is 22.4 Å². The summed E-state index contributed by atoms with van der Waals surface area (Å²) in [7, 11) is 0. The maximum Gasteiger partial charge on any atom is 0.0397 e. The van der Waals surface area contributed by atoms with Gasteiger partial charge in [0.25, 0.3) is 0 Å². The van der Waals surface area contributed by atoms with Gasteiger partial charge in [-0.25, -0.2) is 0 Å². The molecule has 8 rings (SSSR count). The number of benzene rings is 3. The Labute approximate surface area is 216 Å². The Kier molecular flexibility index (Phi) is 4.24. The molecule has 2 aliphatic rings. The van der Waals surface area contributed by atoms with Gasteiger partial charge in [0.15, 0.2) is 0 Å². The maximum absolute atomic E-state index is 2.55. The predicted octanol–water partition coefficient (Wildman–Crippen LogP) is 10.4. The fourth-order valence-electron chi connectivity index (χ4n) is 7.12. The average Bonchev–Trinajstić information content (AvgIpc) is 3.61. The van der Waals surface area contributed by atoms with E-state index in [1.807, 2.05) is 11.3 Å². The highest BCUT2D eigenvalue weighted by molar-refractivity contribution is 7.99. The Morgan fingerprint density at radius 1 is 0.676 bits per heavy atom. The molecule has 0 N–H and O–H groups in total. The van der Waals surface area contributed by atoms with Crippen molar-refractivity contribution in [2.24, 2.45) is 0 Å². The molecule has 170 valence electrons. The molecule has 0 saturated carbocycles. The lowest BCUT2D eigenvalue weighted by Gasteiger charge is -2.20. The molecule has 0 spiro atoms. The van der Waals surface area contributed by atoms with Gasteiger partial charge < -0.3 is 0 Å². The van der Waals surface area contributed by atoms with Crippen molar-refractivity contribution in [3.05, 3.63) is 50.9 Å². The van der Waals surface area contributed by atoms with E-state index in [-0.39, 0.29) is 0 Å². The van der Waals surface area contributed by atoms with Crippen molar-refractivity contribution >= 4 is 96.2 Å². The second-order valence-electron chi connectivity index (χ2n) is 9.75.